The number of hydrogen-bond donors (Lipinski definition) is 1. The van der Waals surface area contributed by atoms with E-state index < -0.39 is 0 Å². The fraction of sp³-hybridized carbons (Fsp3) is 0.0222. The van der Waals surface area contributed by atoms with E-state index in [0.717, 1.165) is 78.1 Å². The third-order valence-corrected chi connectivity index (χ3v) is 8.81. The van der Waals surface area contributed by atoms with Gasteiger partial charge in [-0.05, 0) is 47.9 Å². The van der Waals surface area contributed by atoms with Crippen molar-refractivity contribution in [3.8, 4) is 44.9 Å². The molecular weight excluding hydrogens is 599 g/mol. The van der Waals surface area contributed by atoms with Crippen molar-refractivity contribution in [3.63, 3.8) is 0 Å². The van der Waals surface area contributed by atoms with Gasteiger partial charge in [-0.1, -0.05) is 146 Å². The average molecular weight is 632 g/mol. The Hall–Kier alpha value is -6.52. The number of fused-ring (bicyclic) bond motifs is 3. The lowest BCUT2D eigenvalue weighted by Crippen LogP contribution is -2.05. The Kier molecular flexibility index (Phi) is 7.88. The third-order valence-electron chi connectivity index (χ3n) is 8.81. The molecule has 2 heterocycles. The maximum absolute atomic E-state index is 6.55. The number of rotatable bonds is 8. The number of anilines is 1. The normalized spacial score (nSPS) is 11.6. The van der Waals surface area contributed by atoms with Gasteiger partial charge in [-0.3, -0.25) is 0 Å². The summed E-state index contributed by atoms with van der Waals surface area (Å²) in [4.78, 5) is 10.3. The summed E-state index contributed by atoms with van der Waals surface area (Å²) >= 11 is 0. The molecule has 6 aromatic carbocycles. The maximum atomic E-state index is 6.55. The molecule has 0 aliphatic heterocycles. The molecule has 0 radical (unpaired) electrons. The molecule has 0 saturated carbocycles. The van der Waals surface area contributed by atoms with Crippen LogP contribution in [0, 0.1) is 0 Å². The summed E-state index contributed by atoms with van der Waals surface area (Å²) in [6.45, 7) is 6.59. The van der Waals surface area contributed by atoms with E-state index in [1.165, 1.54) is 0 Å². The van der Waals surface area contributed by atoms with Gasteiger partial charge in [-0.25, -0.2) is 9.97 Å². The van der Waals surface area contributed by atoms with Gasteiger partial charge in [-0.2, -0.15) is 0 Å². The monoisotopic (exact) mass is 631 g/mol. The van der Waals surface area contributed by atoms with E-state index in [4.69, 9.17) is 14.4 Å². The summed E-state index contributed by atoms with van der Waals surface area (Å²) in [6.07, 6.45) is 2.10. The van der Waals surface area contributed by atoms with Gasteiger partial charge in [0.05, 0.1) is 5.69 Å². The summed E-state index contributed by atoms with van der Waals surface area (Å²) in [6, 6.07) is 53.9. The number of benzene rings is 6. The van der Waals surface area contributed by atoms with Crippen LogP contribution in [0.3, 0.4) is 0 Å². The molecule has 0 fully saturated rings. The lowest BCUT2D eigenvalue weighted by molar-refractivity contribution is 0.667. The van der Waals surface area contributed by atoms with Crippen LogP contribution in [0.1, 0.15) is 12.5 Å². The standard InChI is InChI=1S/C45H33N3O/c1-3-36(31-18-8-4-9-19-31)30(2)46-42-38(32-20-10-5-11-21-32)28-35(29-39(42)33-22-12-6-13-23-33)41-44-43(37-26-16-17-27-40(37)49-44)48-45(47-41)34-24-14-7-15-25-34/h3-29,46H,2H2,1H3/b36-3+. The molecule has 0 bridgehead atoms. The van der Waals surface area contributed by atoms with Crippen molar-refractivity contribution >= 4 is 33.3 Å². The van der Waals surface area contributed by atoms with Crippen LogP contribution in [0.5, 0.6) is 0 Å². The molecule has 1 N–H and O–H groups in total. The lowest BCUT2D eigenvalue weighted by Gasteiger charge is -2.22. The lowest BCUT2D eigenvalue weighted by atomic mass is 9.91. The second kappa shape index (κ2) is 12.9. The van der Waals surface area contributed by atoms with Gasteiger partial charge in [-0.15, -0.1) is 0 Å². The second-order valence-corrected chi connectivity index (χ2v) is 11.9. The average Bonchev–Trinajstić information content (AvgIpc) is 3.55. The summed E-state index contributed by atoms with van der Waals surface area (Å²) in [5.74, 6) is 0.647. The minimum atomic E-state index is 0.647. The molecule has 49 heavy (non-hydrogen) atoms. The number of allylic oxidation sites excluding steroid dienone is 2. The fourth-order valence-corrected chi connectivity index (χ4v) is 6.46. The van der Waals surface area contributed by atoms with Crippen molar-refractivity contribution in [1.29, 1.82) is 0 Å². The molecule has 0 aliphatic carbocycles. The van der Waals surface area contributed by atoms with Crippen LogP contribution in [-0.2, 0) is 0 Å². The summed E-state index contributed by atoms with van der Waals surface area (Å²) in [5.41, 5.74) is 12.9. The van der Waals surface area contributed by atoms with E-state index in [0.29, 0.717) is 11.4 Å². The van der Waals surface area contributed by atoms with Crippen molar-refractivity contribution in [3.05, 3.63) is 182 Å². The van der Waals surface area contributed by atoms with Gasteiger partial charge in [0.15, 0.2) is 11.4 Å². The fourth-order valence-electron chi connectivity index (χ4n) is 6.46. The Morgan fingerprint density at radius 2 is 1.14 bits per heavy atom. The third kappa shape index (κ3) is 5.70. The van der Waals surface area contributed by atoms with Crippen molar-refractivity contribution in [2.45, 2.75) is 6.92 Å². The predicted octanol–water partition coefficient (Wildman–Crippen LogP) is 12.1. The van der Waals surface area contributed by atoms with E-state index in [1.54, 1.807) is 0 Å². The molecule has 8 rings (SSSR count). The van der Waals surface area contributed by atoms with E-state index in [1.807, 2.05) is 73.7 Å². The van der Waals surface area contributed by atoms with E-state index in [2.05, 4.69) is 109 Å². The highest BCUT2D eigenvalue weighted by Crippen LogP contribution is 2.44. The number of hydrogen-bond acceptors (Lipinski definition) is 4. The van der Waals surface area contributed by atoms with Gasteiger partial charge in [0.1, 0.15) is 16.8 Å². The predicted molar refractivity (Wildman–Crippen MR) is 204 cm³/mol. The van der Waals surface area contributed by atoms with Crippen LogP contribution < -0.4 is 5.32 Å². The van der Waals surface area contributed by atoms with E-state index in [-0.39, 0.29) is 0 Å². The number of nitrogens with zero attached hydrogens (tertiary/aromatic N) is 2. The molecule has 0 saturated heterocycles. The quantitative estimate of drug-likeness (QED) is 0.170. The highest BCUT2D eigenvalue weighted by atomic mass is 16.3. The van der Waals surface area contributed by atoms with Gasteiger partial charge in [0, 0.05) is 38.9 Å². The summed E-state index contributed by atoms with van der Waals surface area (Å²) < 4.78 is 6.55. The molecule has 0 aliphatic rings. The molecule has 4 nitrogen and oxygen atoms in total. The SMILES string of the molecule is C=C(Nc1c(-c2ccccc2)cc(-c2nc(-c3ccccc3)nc3c2oc2ccccc23)cc1-c1ccccc1)/C(=C\C)c1ccccc1. The van der Waals surface area contributed by atoms with Gasteiger partial charge >= 0.3 is 0 Å². The Balaban J connectivity index is 1.41. The Bertz CT molecular complexity index is 2400. The zero-order valence-corrected chi connectivity index (χ0v) is 27.1. The van der Waals surface area contributed by atoms with Crippen molar-refractivity contribution < 1.29 is 4.42 Å². The van der Waals surface area contributed by atoms with Crippen molar-refractivity contribution in [2.24, 2.45) is 0 Å². The zero-order chi connectivity index (χ0) is 33.2. The van der Waals surface area contributed by atoms with Crippen LogP contribution in [0.25, 0.3) is 72.5 Å². The Labute approximate surface area is 285 Å². The summed E-state index contributed by atoms with van der Waals surface area (Å²) in [5, 5.41) is 4.74. The smallest absolute Gasteiger partial charge is 0.180 e. The molecule has 234 valence electrons. The Morgan fingerprint density at radius 1 is 0.612 bits per heavy atom. The first kappa shape index (κ1) is 29.9. The van der Waals surface area contributed by atoms with Crippen LogP contribution in [0.15, 0.2) is 180 Å². The molecule has 0 amide bonds. The van der Waals surface area contributed by atoms with Gasteiger partial charge in [0.2, 0.25) is 0 Å². The van der Waals surface area contributed by atoms with Crippen molar-refractivity contribution in [1.82, 2.24) is 9.97 Å². The maximum Gasteiger partial charge on any atom is 0.180 e. The largest absolute Gasteiger partial charge is 0.452 e. The first-order valence-electron chi connectivity index (χ1n) is 16.4. The molecule has 4 heteroatoms. The van der Waals surface area contributed by atoms with Crippen LogP contribution in [0.4, 0.5) is 5.69 Å². The molecule has 8 aromatic rings. The number of furan rings is 1. The minimum Gasteiger partial charge on any atom is -0.452 e. The van der Waals surface area contributed by atoms with E-state index >= 15 is 0 Å². The topological polar surface area (TPSA) is 51.0 Å². The van der Waals surface area contributed by atoms with Crippen LogP contribution in [0.2, 0.25) is 0 Å². The second-order valence-electron chi connectivity index (χ2n) is 11.9. The molecule has 0 unspecified atom stereocenters. The highest BCUT2D eigenvalue weighted by molar-refractivity contribution is 6.08. The molecule has 2 aromatic heterocycles. The summed E-state index contributed by atoms with van der Waals surface area (Å²) in [7, 11) is 0. The Morgan fingerprint density at radius 3 is 1.73 bits per heavy atom. The zero-order valence-electron chi connectivity index (χ0n) is 27.1. The number of aromatic nitrogens is 2. The molecule has 0 spiro atoms. The minimum absolute atomic E-state index is 0.647. The first-order valence-corrected chi connectivity index (χ1v) is 16.4. The molecule has 0 atom stereocenters. The highest BCUT2D eigenvalue weighted by Gasteiger charge is 2.22. The molecular formula is C45H33N3O. The van der Waals surface area contributed by atoms with Crippen LogP contribution in [-0.4, -0.2) is 9.97 Å². The van der Waals surface area contributed by atoms with Crippen molar-refractivity contribution in [2.75, 3.05) is 5.32 Å². The van der Waals surface area contributed by atoms with Gasteiger partial charge < -0.3 is 9.73 Å². The number of para-hydroxylation sites is 1. The van der Waals surface area contributed by atoms with Crippen LogP contribution >= 0.6 is 0 Å². The van der Waals surface area contributed by atoms with Gasteiger partial charge in [0.25, 0.3) is 0 Å². The number of nitrogens with one attached hydrogen (secondary N) is 1. The first-order chi connectivity index (χ1) is 24.2. The van der Waals surface area contributed by atoms with E-state index in [9.17, 15) is 0 Å².